The van der Waals surface area contributed by atoms with Gasteiger partial charge in [-0.1, -0.05) is 54.1 Å². The summed E-state index contributed by atoms with van der Waals surface area (Å²) in [6.07, 6.45) is 0. The van der Waals surface area contributed by atoms with Gasteiger partial charge in [0.2, 0.25) is 0 Å². The fourth-order valence-electron chi connectivity index (χ4n) is 3.54. The molecule has 0 aromatic heterocycles. The van der Waals surface area contributed by atoms with Crippen LogP contribution in [-0.4, -0.2) is 12.5 Å². The van der Waals surface area contributed by atoms with Crippen molar-refractivity contribution in [2.75, 3.05) is 11.9 Å². The Labute approximate surface area is 192 Å². The molecule has 0 unspecified atom stereocenters. The number of halogens is 1. The van der Waals surface area contributed by atoms with Crippen molar-refractivity contribution in [2.24, 2.45) is 0 Å². The van der Waals surface area contributed by atoms with Crippen molar-refractivity contribution >= 4 is 34.0 Å². The van der Waals surface area contributed by atoms with Crippen molar-refractivity contribution in [3.05, 3.63) is 101 Å². The standard InChI is InChI=1S/C27H24ClNO3/c1-3-31-25-15-14-20(27(30)29-24-12-7-11-23(28)18(24)2)16-21(25)17-32-26-13-6-9-19-8-4-5-10-22(19)26/h4-16H,3,17H2,1-2H3,(H,29,30). The lowest BCUT2D eigenvalue weighted by Gasteiger charge is -2.15. The summed E-state index contributed by atoms with van der Waals surface area (Å²) in [4.78, 5) is 12.9. The molecule has 0 aliphatic rings. The fourth-order valence-corrected chi connectivity index (χ4v) is 3.72. The van der Waals surface area contributed by atoms with Crippen LogP contribution in [0.25, 0.3) is 10.8 Å². The van der Waals surface area contributed by atoms with Crippen molar-refractivity contribution in [3.8, 4) is 11.5 Å². The zero-order chi connectivity index (χ0) is 22.5. The summed E-state index contributed by atoms with van der Waals surface area (Å²) in [5.74, 6) is 1.27. The number of amides is 1. The quantitative estimate of drug-likeness (QED) is 0.332. The molecular weight excluding hydrogens is 422 g/mol. The predicted molar refractivity (Wildman–Crippen MR) is 130 cm³/mol. The number of rotatable bonds is 7. The van der Waals surface area contributed by atoms with E-state index in [-0.39, 0.29) is 12.5 Å². The number of nitrogens with one attached hydrogen (secondary N) is 1. The minimum Gasteiger partial charge on any atom is -0.493 e. The van der Waals surface area contributed by atoms with E-state index in [1.54, 1.807) is 12.1 Å². The highest BCUT2D eigenvalue weighted by Crippen LogP contribution is 2.29. The van der Waals surface area contributed by atoms with Gasteiger partial charge in [0.1, 0.15) is 18.1 Å². The van der Waals surface area contributed by atoms with Crippen LogP contribution >= 0.6 is 11.6 Å². The molecular formula is C27H24ClNO3. The van der Waals surface area contributed by atoms with Gasteiger partial charge in [-0.15, -0.1) is 0 Å². The molecule has 4 aromatic rings. The number of carbonyl (C=O) groups is 1. The van der Waals surface area contributed by atoms with Crippen LogP contribution in [0.1, 0.15) is 28.4 Å². The molecule has 162 valence electrons. The van der Waals surface area contributed by atoms with Gasteiger partial charge < -0.3 is 14.8 Å². The topological polar surface area (TPSA) is 47.6 Å². The third-order valence-electron chi connectivity index (χ3n) is 5.27. The Morgan fingerprint density at radius 3 is 2.53 bits per heavy atom. The molecule has 0 aliphatic heterocycles. The van der Waals surface area contributed by atoms with Gasteiger partial charge in [0.25, 0.3) is 5.91 Å². The summed E-state index contributed by atoms with van der Waals surface area (Å²) in [5, 5.41) is 5.70. The Morgan fingerprint density at radius 1 is 0.906 bits per heavy atom. The second-order valence-corrected chi connectivity index (χ2v) is 7.80. The molecule has 1 amide bonds. The van der Waals surface area contributed by atoms with Gasteiger partial charge in [-0.05, 0) is 61.2 Å². The lowest BCUT2D eigenvalue weighted by molar-refractivity contribution is 0.102. The predicted octanol–water partition coefficient (Wildman–Crippen LogP) is 7.03. The highest BCUT2D eigenvalue weighted by atomic mass is 35.5. The first-order valence-corrected chi connectivity index (χ1v) is 10.9. The highest BCUT2D eigenvalue weighted by Gasteiger charge is 2.14. The molecule has 0 bridgehead atoms. The molecule has 0 atom stereocenters. The Kier molecular flexibility index (Phi) is 6.62. The van der Waals surface area contributed by atoms with Gasteiger partial charge in [-0.3, -0.25) is 4.79 Å². The van der Waals surface area contributed by atoms with Crippen molar-refractivity contribution in [2.45, 2.75) is 20.5 Å². The number of hydrogen-bond acceptors (Lipinski definition) is 3. The monoisotopic (exact) mass is 445 g/mol. The maximum absolute atomic E-state index is 12.9. The Hall–Kier alpha value is -3.50. The van der Waals surface area contributed by atoms with Gasteiger partial charge in [0.05, 0.1) is 6.61 Å². The SMILES string of the molecule is CCOc1ccc(C(=O)Nc2cccc(Cl)c2C)cc1COc1cccc2ccccc12. The number of benzene rings is 4. The molecule has 1 N–H and O–H groups in total. The van der Waals surface area contributed by atoms with E-state index >= 15 is 0 Å². The summed E-state index contributed by atoms with van der Waals surface area (Å²) < 4.78 is 11.9. The van der Waals surface area contributed by atoms with Crippen molar-refractivity contribution in [1.82, 2.24) is 0 Å². The summed E-state index contributed by atoms with van der Waals surface area (Å²) in [6, 6.07) is 24.9. The third-order valence-corrected chi connectivity index (χ3v) is 5.68. The normalized spacial score (nSPS) is 10.7. The molecule has 0 radical (unpaired) electrons. The van der Waals surface area contributed by atoms with Gasteiger partial charge in [0, 0.05) is 27.2 Å². The van der Waals surface area contributed by atoms with E-state index in [1.165, 1.54) is 0 Å². The number of fused-ring (bicyclic) bond motifs is 1. The first kappa shape index (κ1) is 21.7. The minimum absolute atomic E-state index is 0.218. The van der Waals surface area contributed by atoms with E-state index in [2.05, 4.69) is 17.4 Å². The zero-order valence-electron chi connectivity index (χ0n) is 18.0. The molecule has 0 fully saturated rings. The minimum atomic E-state index is -0.218. The van der Waals surface area contributed by atoms with Crippen LogP contribution in [0, 0.1) is 6.92 Å². The summed E-state index contributed by atoms with van der Waals surface area (Å²) in [7, 11) is 0. The molecule has 5 heteroatoms. The summed E-state index contributed by atoms with van der Waals surface area (Å²) in [6.45, 7) is 4.60. The van der Waals surface area contributed by atoms with Crippen LogP contribution in [0.3, 0.4) is 0 Å². The first-order valence-electron chi connectivity index (χ1n) is 10.5. The first-order chi connectivity index (χ1) is 15.6. The fraction of sp³-hybridized carbons (Fsp3) is 0.148. The average Bonchev–Trinajstić information content (AvgIpc) is 2.81. The second kappa shape index (κ2) is 9.75. The van der Waals surface area contributed by atoms with E-state index in [9.17, 15) is 4.79 Å². The molecule has 0 saturated carbocycles. The van der Waals surface area contributed by atoms with Crippen LogP contribution < -0.4 is 14.8 Å². The molecule has 0 spiro atoms. The smallest absolute Gasteiger partial charge is 0.255 e. The van der Waals surface area contributed by atoms with Crippen molar-refractivity contribution in [1.29, 1.82) is 0 Å². The highest BCUT2D eigenvalue weighted by molar-refractivity contribution is 6.31. The lowest BCUT2D eigenvalue weighted by Crippen LogP contribution is -2.14. The maximum atomic E-state index is 12.9. The number of anilines is 1. The van der Waals surface area contributed by atoms with Gasteiger partial charge in [0.15, 0.2) is 0 Å². The van der Waals surface area contributed by atoms with E-state index in [0.29, 0.717) is 28.6 Å². The molecule has 4 aromatic carbocycles. The average molecular weight is 446 g/mol. The van der Waals surface area contributed by atoms with Crippen LogP contribution in [0.15, 0.2) is 78.9 Å². The Bertz CT molecular complexity index is 1260. The van der Waals surface area contributed by atoms with Crippen LogP contribution in [0.4, 0.5) is 5.69 Å². The lowest BCUT2D eigenvalue weighted by atomic mass is 10.1. The van der Waals surface area contributed by atoms with E-state index < -0.39 is 0 Å². The van der Waals surface area contributed by atoms with Crippen molar-refractivity contribution < 1.29 is 14.3 Å². The number of ether oxygens (including phenoxy) is 2. The van der Waals surface area contributed by atoms with Crippen LogP contribution in [-0.2, 0) is 6.61 Å². The second-order valence-electron chi connectivity index (χ2n) is 7.39. The van der Waals surface area contributed by atoms with Crippen LogP contribution in [0.2, 0.25) is 5.02 Å². The molecule has 32 heavy (non-hydrogen) atoms. The third kappa shape index (κ3) is 4.71. The maximum Gasteiger partial charge on any atom is 0.255 e. The van der Waals surface area contributed by atoms with Crippen molar-refractivity contribution in [3.63, 3.8) is 0 Å². The van der Waals surface area contributed by atoms with Crippen LogP contribution in [0.5, 0.6) is 11.5 Å². The number of hydrogen-bond donors (Lipinski definition) is 1. The largest absolute Gasteiger partial charge is 0.493 e. The molecule has 0 aliphatic carbocycles. The van der Waals surface area contributed by atoms with Gasteiger partial charge in [-0.25, -0.2) is 0 Å². The Morgan fingerprint density at radius 2 is 1.69 bits per heavy atom. The Balaban J connectivity index is 1.59. The van der Waals surface area contributed by atoms with E-state index in [1.807, 2.05) is 68.4 Å². The molecule has 4 nitrogen and oxygen atoms in total. The van der Waals surface area contributed by atoms with Gasteiger partial charge in [-0.2, -0.15) is 0 Å². The molecule has 4 rings (SSSR count). The van der Waals surface area contributed by atoms with E-state index in [0.717, 1.165) is 27.6 Å². The number of carbonyl (C=O) groups excluding carboxylic acids is 1. The summed E-state index contributed by atoms with van der Waals surface area (Å²) >= 11 is 6.18. The molecule has 0 saturated heterocycles. The summed E-state index contributed by atoms with van der Waals surface area (Å²) in [5.41, 5.74) is 2.83. The van der Waals surface area contributed by atoms with E-state index in [4.69, 9.17) is 21.1 Å². The molecule has 0 heterocycles. The zero-order valence-corrected chi connectivity index (χ0v) is 18.8. The van der Waals surface area contributed by atoms with Gasteiger partial charge >= 0.3 is 0 Å².